The molecule has 0 spiro atoms. The molecule has 0 atom stereocenters. The fourth-order valence-corrected chi connectivity index (χ4v) is 5.17. The molecule has 5 rings (SSSR count). The molecule has 1 aliphatic heterocycles. The molecule has 0 bridgehead atoms. The monoisotopic (exact) mass is 555 g/mol. The Kier molecular flexibility index (Phi) is 8.39. The maximum absolute atomic E-state index is 13.1. The lowest BCUT2D eigenvalue weighted by atomic mass is 9.94. The second kappa shape index (κ2) is 12.3. The van der Waals surface area contributed by atoms with Crippen molar-refractivity contribution in [3.8, 4) is 5.69 Å². The number of esters is 1. The molecular formula is C31H33N5O5. The number of piperidine rings is 1. The summed E-state index contributed by atoms with van der Waals surface area (Å²) in [7, 11) is 1.33. The van der Waals surface area contributed by atoms with Gasteiger partial charge in [0.2, 0.25) is 5.95 Å². The minimum Gasteiger partial charge on any atom is -0.465 e. The zero-order valence-corrected chi connectivity index (χ0v) is 23.2. The van der Waals surface area contributed by atoms with Crippen molar-refractivity contribution in [1.29, 1.82) is 0 Å². The second-order valence-electron chi connectivity index (χ2n) is 10.2. The lowest BCUT2D eigenvalue weighted by Crippen LogP contribution is -2.35. The summed E-state index contributed by atoms with van der Waals surface area (Å²) in [6.45, 7) is 4.01. The van der Waals surface area contributed by atoms with Crippen LogP contribution < -0.4 is 15.8 Å². The van der Waals surface area contributed by atoms with E-state index in [-0.39, 0.29) is 18.1 Å². The van der Waals surface area contributed by atoms with Crippen LogP contribution in [0.1, 0.15) is 51.2 Å². The van der Waals surface area contributed by atoms with Crippen molar-refractivity contribution in [3.05, 3.63) is 93.4 Å². The third-order valence-corrected chi connectivity index (χ3v) is 7.58. The molecule has 1 fully saturated rings. The first-order valence-electron chi connectivity index (χ1n) is 13.7. The Morgan fingerprint density at radius 1 is 0.976 bits per heavy atom. The maximum Gasteiger partial charge on any atom is 0.337 e. The summed E-state index contributed by atoms with van der Waals surface area (Å²) in [5.41, 5.74) is 3.41. The Labute approximate surface area is 237 Å². The highest BCUT2D eigenvalue weighted by molar-refractivity contribution is 5.94. The molecule has 212 valence electrons. The van der Waals surface area contributed by atoms with Crippen LogP contribution in [-0.4, -0.2) is 58.3 Å². The zero-order chi connectivity index (χ0) is 28.9. The number of ether oxygens (including phenoxy) is 1. The van der Waals surface area contributed by atoms with Crippen molar-refractivity contribution in [3.63, 3.8) is 0 Å². The highest BCUT2D eigenvalue weighted by Crippen LogP contribution is 2.26. The molecule has 0 aliphatic carbocycles. The summed E-state index contributed by atoms with van der Waals surface area (Å²) in [5.74, 6) is 0.415. The maximum atomic E-state index is 13.1. The van der Waals surface area contributed by atoms with Crippen LogP contribution in [0.4, 0.5) is 5.95 Å². The smallest absolute Gasteiger partial charge is 0.337 e. The van der Waals surface area contributed by atoms with E-state index in [1.165, 1.54) is 13.2 Å². The van der Waals surface area contributed by atoms with Gasteiger partial charge in [-0.05, 0) is 80.1 Å². The fraction of sp³-hybridized carbons (Fsp3) is 0.323. The number of methoxy groups -OCH3 is 1. The molecule has 2 aromatic heterocycles. The second-order valence-corrected chi connectivity index (χ2v) is 10.2. The van der Waals surface area contributed by atoms with E-state index in [1.54, 1.807) is 59.2 Å². The van der Waals surface area contributed by atoms with Crippen molar-refractivity contribution in [2.24, 2.45) is 5.92 Å². The van der Waals surface area contributed by atoms with E-state index in [1.807, 2.05) is 6.92 Å². The van der Waals surface area contributed by atoms with Gasteiger partial charge >= 0.3 is 5.97 Å². The van der Waals surface area contributed by atoms with Gasteiger partial charge in [0.05, 0.1) is 24.1 Å². The SMILES string of the molecule is COC(=O)c1ccc(CNC(=O)c2ccc(-n3c(=O)ccc4c(C)nc(N5CCC(CCO)CC5)nc43)cc2)cc1. The number of hydrogen-bond acceptors (Lipinski definition) is 8. The summed E-state index contributed by atoms with van der Waals surface area (Å²) in [6, 6.07) is 16.9. The van der Waals surface area contributed by atoms with Crippen LogP contribution >= 0.6 is 0 Å². The van der Waals surface area contributed by atoms with Gasteiger partial charge in [-0.2, -0.15) is 4.98 Å². The Bertz CT molecular complexity index is 1610. The Morgan fingerprint density at radius 3 is 2.32 bits per heavy atom. The first-order valence-corrected chi connectivity index (χ1v) is 13.7. The number of aromatic nitrogens is 3. The summed E-state index contributed by atoms with van der Waals surface area (Å²) in [6.07, 6.45) is 2.74. The summed E-state index contributed by atoms with van der Waals surface area (Å²) in [4.78, 5) is 49.2. The van der Waals surface area contributed by atoms with Gasteiger partial charge in [-0.15, -0.1) is 0 Å². The fourth-order valence-electron chi connectivity index (χ4n) is 5.17. The number of nitrogens with zero attached hydrogens (tertiary/aromatic N) is 4. The molecular weight excluding hydrogens is 522 g/mol. The van der Waals surface area contributed by atoms with Crippen LogP contribution in [-0.2, 0) is 11.3 Å². The molecule has 3 heterocycles. The van der Waals surface area contributed by atoms with Crippen molar-refractivity contribution in [2.75, 3.05) is 31.7 Å². The highest BCUT2D eigenvalue weighted by Gasteiger charge is 2.22. The third-order valence-electron chi connectivity index (χ3n) is 7.58. The first-order chi connectivity index (χ1) is 19.9. The molecule has 1 amide bonds. The van der Waals surface area contributed by atoms with Crippen molar-refractivity contribution >= 4 is 28.9 Å². The van der Waals surface area contributed by atoms with Crippen molar-refractivity contribution < 1.29 is 19.4 Å². The topological polar surface area (TPSA) is 127 Å². The average Bonchev–Trinajstić information content (AvgIpc) is 3.00. The number of aliphatic hydroxyl groups is 1. The van der Waals surface area contributed by atoms with Crippen LogP contribution in [0.5, 0.6) is 0 Å². The summed E-state index contributed by atoms with van der Waals surface area (Å²) >= 11 is 0. The minimum atomic E-state index is -0.414. The standard InChI is InChI=1S/C31H33N5O5/c1-20-26-11-12-27(38)36(28(26)34-31(33-20)35-16-13-21(14-17-35)15-18-37)25-9-7-23(8-10-25)29(39)32-19-22-3-5-24(6-4-22)30(40)41-2/h3-12,21,37H,13-19H2,1-2H3,(H,32,39). The Balaban J connectivity index is 1.35. The Hall–Kier alpha value is -4.57. The number of rotatable bonds is 8. The van der Waals surface area contributed by atoms with E-state index in [4.69, 9.17) is 14.7 Å². The van der Waals surface area contributed by atoms with Gasteiger partial charge in [0.25, 0.3) is 11.5 Å². The molecule has 10 heteroatoms. The number of nitrogens with one attached hydrogen (secondary N) is 1. The predicted molar refractivity (Wildman–Crippen MR) is 155 cm³/mol. The van der Waals surface area contributed by atoms with Crippen molar-refractivity contribution in [1.82, 2.24) is 19.9 Å². The van der Waals surface area contributed by atoms with Gasteiger partial charge in [-0.25, -0.2) is 9.78 Å². The number of benzene rings is 2. The van der Waals surface area contributed by atoms with Gasteiger partial charge in [0.15, 0.2) is 5.65 Å². The number of carbonyl (C=O) groups is 2. The van der Waals surface area contributed by atoms with Gasteiger partial charge < -0.3 is 20.1 Å². The number of pyridine rings is 1. The molecule has 41 heavy (non-hydrogen) atoms. The van der Waals surface area contributed by atoms with Crippen LogP contribution in [0.2, 0.25) is 0 Å². The van der Waals surface area contributed by atoms with E-state index in [0.29, 0.717) is 40.9 Å². The largest absolute Gasteiger partial charge is 0.465 e. The Morgan fingerprint density at radius 2 is 1.66 bits per heavy atom. The van der Waals surface area contributed by atoms with Gasteiger partial charge in [-0.3, -0.25) is 14.2 Å². The zero-order valence-electron chi connectivity index (χ0n) is 23.2. The minimum absolute atomic E-state index is 0.204. The average molecular weight is 556 g/mol. The predicted octanol–water partition coefficient (Wildman–Crippen LogP) is 3.40. The van der Waals surface area contributed by atoms with E-state index >= 15 is 0 Å². The highest BCUT2D eigenvalue weighted by atomic mass is 16.5. The molecule has 0 saturated carbocycles. The van der Waals surface area contributed by atoms with Gasteiger partial charge in [0, 0.05) is 43.3 Å². The number of aryl methyl sites for hydroxylation is 1. The molecule has 2 N–H and O–H groups in total. The van der Waals surface area contributed by atoms with Crippen molar-refractivity contribution in [2.45, 2.75) is 32.7 Å². The lowest BCUT2D eigenvalue weighted by Gasteiger charge is -2.32. The molecule has 2 aromatic carbocycles. The molecule has 0 radical (unpaired) electrons. The normalized spacial score (nSPS) is 13.8. The van der Waals surface area contributed by atoms with Crippen LogP contribution in [0, 0.1) is 12.8 Å². The van der Waals surface area contributed by atoms with Gasteiger partial charge in [0.1, 0.15) is 0 Å². The first kappa shape index (κ1) is 28.0. The molecule has 1 aliphatic rings. The molecule has 10 nitrogen and oxygen atoms in total. The van der Waals surface area contributed by atoms with Gasteiger partial charge in [-0.1, -0.05) is 12.1 Å². The van der Waals surface area contributed by atoms with Crippen LogP contribution in [0.25, 0.3) is 16.7 Å². The summed E-state index contributed by atoms with van der Waals surface area (Å²) < 4.78 is 6.26. The van der Waals surface area contributed by atoms with E-state index in [2.05, 4.69) is 10.2 Å². The number of amides is 1. The van der Waals surface area contributed by atoms with E-state index < -0.39 is 5.97 Å². The number of fused-ring (bicyclic) bond motifs is 1. The lowest BCUT2D eigenvalue weighted by molar-refractivity contribution is 0.0600. The van der Waals surface area contributed by atoms with Crippen LogP contribution in [0.3, 0.4) is 0 Å². The van der Waals surface area contributed by atoms with E-state index in [0.717, 1.165) is 49.0 Å². The number of anilines is 1. The third kappa shape index (κ3) is 6.12. The van der Waals surface area contributed by atoms with Crippen LogP contribution in [0.15, 0.2) is 65.5 Å². The number of aliphatic hydroxyl groups excluding tert-OH is 1. The molecule has 1 saturated heterocycles. The quantitative estimate of drug-likeness (QED) is 0.317. The molecule has 4 aromatic rings. The number of carbonyl (C=O) groups excluding carboxylic acids is 2. The van der Waals surface area contributed by atoms with E-state index in [9.17, 15) is 19.5 Å². The number of hydrogen-bond donors (Lipinski definition) is 2. The summed E-state index contributed by atoms with van der Waals surface area (Å²) in [5, 5.41) is 12.9. The molecule has 0 unspecified atom stereocenters.